The molecule has 3 amide bonds. The molecule has 1 saturated heterocycles. The first kappa shape index (κ1) is 18.0. The number of likely N-dealkylation sites (tertiary alicyclic amines) is 1. The molecule has 122 valence electrons. The maximum absolute atomic E-state index is 12.0. The summed E-state index contributed by atoms with van der Waals surface area (Å²) >= 11 is 0. The lowest BCUT2D eigenvalue weighted by Gasteiger charge is -2.31. The van der Waals surface area contributed by atoms with Crippen molar-refractivity contribution in [3.05, 3.63) is 0 Å². The van der Waals surface area contributed by atoms with E-state index in [1.54, 1.807) is 4.90 Å². The Labute approximate surface area is 132 Å². The lowest BCUT2D eigenvalue weighted by atomic mass is 9.96. The first-order valence-electron chi connectivity index (χ1n) is 7.73. The zero-order valence-electron chi connectivity index (χ0n) is 12.5. The number of carbonyl (C=O) groups excluding carboxylic acids is 2. The van der Waals surface area contributed by atoms with Gasteiger partial charge < -0.3 is 21.3 Å². The normalized spacial score (nSPS) is 23.1. The Morgan fingerprint density at radius 2 is 1.81 bits per heavy atom. The fourth-order valence-electron chi connectivity index (χ4n) is 2.99. The van der Waals surface area contributed by atoms with E-state index in [2.05, 4.69) is 10.6 Å². The van der Waals surface area contributed by atoms with E-state index < -0.39 is 0 Å². The first-order valence-corrected chi connectivity index (χ1v) is 7.73. The van der Waals surface area contributed by atoms with Gasteiger partial charge in [-0.15, -0.1) is 12.4 Å². The second-order valence-electron chi connectivity index (χ2n) is 5.90. The van der Waals surface area contributed by atoms with Crippen molar-refractivity contribution in [3.63, 3.8) is 0 Å². The van der Waals surface area contributed by atoms with E-state index in [1.807, 2.05) is 0 Å². The van der Waals surface area contributed by atoms with Gasteiger partial charge in [-0.25, -0.2) is 4.79 Å². The topological polar surface area (TPSA) is 87.5 Å². The molecule has 0 aromatic rings. The number of halogens is 1. The van der Waals surface area contributed by atoms with Crippen LogP contribution in [0.2, 0.25) is 0 Å². The molecule has 1 aliphatic heterocycles. The van der Waals surface area contributed by atoms with Gasteiger partial charge in [-0.05, 0) is 25.7 Å². The number of nitrogens with one attached hydrogen (secondary N) is 2. The third-order valence-electron chi connectivity index (χ3n) is 4.15. The summed E-state index contributed by atoms with van der Waals surface area (Å²) in [5.41, 5.74) is 5.85. The van der Waals surface area contributed by atoms with Crippen LogP contribution in [0.15, 0.2) is 0 Å². The molecule has 1 atom stereocenters. The van der Waals surface area contributed by atoms with Crippen molar-refractivity contribution in [1.82, 2.24) is 15.5 Å². The molecule has 0 bridgehead atoms. The fraction of sp³-hybridized carbons (Fsp3) is 0.857. The van der Waals surface area contributed by atoms with Gasteiger partial charge in [0.05, 0.1) is 6.54 Å². The Hall–Kier alpha value is -1.01. The summed E-state index contributed by atoms with van der Waals surface area (Å²) in [5, 5.41) is 5.60. The van der Waals surface area contributed by atoms with Crippen LogP contribution in [-0.2, 0) is 4.79 Å². The van der Waals surface area contributed by atoms with Crippen LogP contribution in [0.1, 0.15) is 44.9 Å². The molecule has 1 unspecified atom stereocenters. The summed E-state index contributed by atoms with van der Waals surface area (Å²) in [4.78, 5) is 25.5. The van der Waals surface area contributed by atoms with E-state index in [1.165, 1.54) is 19.3 Å². The molecule has 4 N–H and O–H groups in total. The summed E-state index contributed by atoms with van der Waals surface area (Å²) in [5.74, 6) is -0.0426. The number of nitrogens with two attached hydrogens (primary N) is 1. The second kappa shape index (κ2) is 9.10. The lowest BCUT2D eigenvalue weighted by molar-refractivity contribution is -0.131. The van der Waals surface area contributed by atoms with Gasteiger partial charge in [0.25, 0.3) is 0 Å². The average molecular weight is 319 g/mol. The zero-order chi connectivity index (χ0) is 14.4. The highest BCUT2D eigenvalue weighted by Gasteiger charge is 2.22. The van der Waals surface area contributed by atoms with Crippen LogP contribution in [0.3, 0.4) is 0 Å². The number of nitrogens with zero attached hydrogens (tertiary/aromatic N) is 1. The van der Waals surface area contributed by atoms with Gasteiger partial charge >= 0.3 is 6.03 Å². The molecule has 21 heavy (non-hydrogen) atoms. The van der Waals surface area contributed by atoms with E-state index in [-0.39, 0.29) is 43.0 Å². The van der Waals surface area contributed by atoms with E-state index in [9.17, 15) is 9.59 Å². The van der Waals surface area contributed by atoms with Crippen molar-refractivity contribution in [2.75, 3.05) is 19.6 Å². The minimum atomic E-state index is -0.230. The molecule has 2 aliphatic rings. The molecule has 1 saturated carbocycles. The fourth-order valence-corrected chi connectivity index (χ4v) is 2.99. The molecule has 0 aromatic carbocycles. The number of hydrogen-bond acceptors (Lipinski definition) is 3. The van der Waals surface area contributed by atoms with Crippen LogP contribution in [0.4, 0.5) is 4.79 Å². The van der Waals surface area contributed by atoms with E-state index in [4.69, 9.17) is 5.73 Å². The first-order chi connectivity index (χ1) is 9.65. The highest BCUT2D eigenvalue weighted by atomic mass is 35.5. The van der Waals surface area contributed by atoms with Crippen molar-refractivity contribution in [3.8, 4) is 0 Å². The smallest absolute Gasteiger partial charge is 0.315 e. The van der Waals surface area contributed by atoms with Gasteiger partial charge in [-0.3, -0.25) is 4.79 Å². The number of hydrogen-bond donors (Lipinski definition) is 3. The van der Waals surface area contributed by atoms with Gasteiger partial charge in [0, 0.05) is 25.2 Å². The number of amides is 3. The Morgan fingerprint density at radius 1 is 1.10 bits per heavy atom. The minimum Gasteiger partial charge on any atom is -0.340 e. The van der Waals surface area contributed by atoms with Crippen LogP contribution in [0, 0.1) is 0 Å². The van der Waals surface area contributed by atoms with Crippen molar-refractivity contribution in [2.24, 2.45) is 5.73 Å². The molecule has 0 aromatic heterocycles. The molecule has 7 heteroatoms. The molecular weight excluding hydrogens is 292 g/mol. The summed E-state index contributed by atoms with van der Waals surface area (Å²) in [7, 11) is 0. The SMILES string of the molecule is Cl.NC1CCCN(C(=O)CNC(=O)NC2CCCCC2)C1. The van der Waals surface area contributed by atoms with Gasteiger partial charge in [-0.1, -0.05) is 19.3 Å². The van der Waals surface area contributed by atoms with E-state index in [0.717, 1.165) is 32.2 Å². The molecule has 0 radical (unpaired) electrons. The number of carbonyl (C=O) groups is 2. The van der Waals surface area contributed by atoms with E-state index in [0.29, 0.717) is 6.54 Å². The van der Waals surface area contributed by atoms with Gasteiger partial charge in [0.15, 0.2) is 0 Å². The van der Waals surface area contributed by atoms with Crippen molar-refractivity contribution in [2.45, 2.75) is 57.0 Å². The summed E-state index contributed by atoms with van der Waals surface area (Å²) < 4.78 is 0. The summed E-state index contributed by atoms with van der Waals surface area (Å²) in [6.07, 6.45) is 7.61. The Morgan fingerprint density at radius 3 is 2.48 bits per heavy atom. The molecule has 2 rings (SSSR count). The van der Waals surface area contributed by atoms with Gasteiger partial charge in [-0.2, -0.15) is 0 Å². The third-order valence-corrected chi connectivity index (χ3v) is 4.15. The highest BCUT2D eigenvalue weighted by Crippen LogP contribution is 2.17. The standard InChI is InChI=1S/C14H26N4O2.ClH/c15-11-5-4-8-18(10-11)13(19)9-16-14(20)17-12-6-2-1-3-7-12;/h11-12H,1-10,15H2,(H2,16,17,20);1H. The average Bonchev–Trinajstić information content (AvgIpc) is 2.46. The van der Waals surface area contributed by atoms with Crippen LogP contribution in [-0.4, -0.2) is 48.6 Å². The molecule has 2 fully saturated rings. The monoisotopic (exact) mass is 318 g/mol. The van der Waals surface area contributed by atoms with Crippen LogP contribution in [0.25, 0.3) is 0 Å². The van der Waals surface area contributed by atoms with Gasteiger partial charge in [0.1, 0.15) is 0 Å². The molecule has 0 spiro atoms. The predicted molar refractivity (Wildman–Crippen MR) is 84.4 cm³/mol. The third kappa shape index (κ3) is 6.09. The maximum atomic E-state index is 12.0. The molecule has 6 nitrogen and oxygen atoms in total. The lowest BCUT2D eigenvalue weighted by Crippen LogP contribution is -2.51. The largest absolute Gasteiger partial charge is 0.340 e. The highest BCUT2D eigenvalue weighted by molar-refractivity contribution is 5.85. The second-order valence-corrected chi connectivity index (χ2v) is 5.90. The van der Waals surface area contributed by atoms with Gasteiger partial charge in [0.2, 0.25) is 5.91 Å². The quantitative estimate of drug-likeness (QED) is 0.725. The van der Waals surface area contributed by atoms with E-state index >= 15 is 0 Å². The van der Waals surface area contributed by atoms with Crippen molar-refractivity contribution >= 4 is 24.3 Å². The predicted octanol–water partition coefficient (Wildman–Crippen LogP) is 0.990. The van der Waals surface area contributed by atoms with Crippen LogP contribution >= 0.6 is 12.4 Å². The minimum absolute atomic E-state index is 0. The van der Waals surface area contributed by atoms with Crippen molar-refractivity contribution < 1.29 is 9.59 Å². The maximum Gasteiger partial charge on any atom is 0.315 e. The number of piperidine rings is 1. The Bertz CT molecular complexity index is 348. The number of rotatable bonds is 3. The summed E-state index contributed by atoms with van der Waals surface area (Å²) in [6, 6.07) is 0.109. The zero-order valence-corrected chi connectivity index (χ0v) is 13.3. The van der Waals surface area contributed by atoms with Crippen LogP contribution < -0.4 is 16.4 Å². The number of urea groups is 1. The van der Waals surface area contributed by atoms with Crippen LogP contribution in [0.5, 0.6) is 0 Å². The molecule has 1 heterocycles. The Kier molecular flexibility index (Phi) is 7.82. The Balaban J connectivity index is 0.00000220. The summed E-state index contributed by atoms with van der Waals surface area (Å²) in [6.45, 7) is 1.41. The molecule has 1 aliphatic carbocycles. The molecular formula is C14H27ClN4O2. The van der Waals surface area contributed by atoms with Crippen molar-refractivity contribution in [1.29, 1.82) is 0 Å².